The van der Waals surface area contributed by atoms with E-state index >= 15 is 0 Å². The smallest absolute Gasteiger partial charge is 0.255 e. The summed E-state index contributed by atoms with van der Waals surface area (Å²) in [5.41, 5.74) is 3.68. The summed E-state index contributed by atoms with van der Waals surface area (Å²) < 4.78 is 0. The van der Waals surface area contributed by atoms with Gasteiger partial charge in [-0.2, -0.15) is 0 Å². The van der Waals surface area contributed by atoms with Crippen molar-refractivity contribution in [2.24, 2.45) is 0 Å². The molecule has 1 aliphatic rings. The van der Waals surface area contributed by atoms with Crippen molar-refractivity contribution < 1.29 is 9.59 Å². The molecule has 31 heavy (non-hydrogen) atoms. The number of benzene rings is 3. The van der Waals surface area contributed by atoms with Crippen LogP contribution in [0.25, 0.3) is 0 Å². The van der Waals surface area contributed by atoms with Gasteiger partial charge in [-0.3, -0.25) is 9.59 Å². The summed E-state index contributed by atoms with van der Waals surface area (Å²) >= 11 is 5.98. The van der Waals surface area contributed by atoms with Crippen LogP contribution < -0.4 is 0 Å². The van der Waals surface area contributed by atoms with Crippen molar-refractivity contribution >= 4 is 23.4 Å². The number of hydrogen-bond donors (Lipinski definition) is 0. The number of carbonyl (C=O) groups is 2. The minimum atomic E-state index is -0.586. The lowest BCUT2D eigenvalue weighted by molar-refractivity contribution is -0.134. The largest absolute Gasteiger partial charge is 0.343 e. The zero-order valence-electron chi connectivity index (χ0n) is 17.5. The molecule has 1 unspecified atom stereocenters. The SMILES string of the molecule is CN(CCc1ccccc1)C(=O)C1c2ccccc2C(=O)N1CCc1ccc(Cl)cc1. The highest BCUT2D eigenvalue weighted by atomic mass is 35.5. The van der Waals surface area contributed by atoms with Crippen LogP contribution in [0.3, 0.4) is 0 Å². The number of halogens is 1. The molecule has 4 rings (SSSR count). The number of amides is 2. The summed E-state index contributed by atoms with van der Waals surface area (Å²) in [4.78, 5) is 30.0. The molecule has 3 aromatic rings. The molecule has 3 aromatic carbocycles. The van der Waals surface area contributed by atoms with E-state index in [0.717, 1.165) is 17.5 Å². The molecule has 0 radical (unpaired) electrons. The quantitative estimate of drug-likeness (QED) is 0.539. The normalized spacial score (nSPS) is 15.1. The van der Waals surface area contributed by atoms with E-state index in [1.54, 1.807) is 9.80 Å². The zero-order chi connectivity index (χ0) is 21.8. The first-order valence-electron chi connectivity index (χ1n) is 10.5. The van der Waals surface area contributed by atoms with Gasteiger partial charge in [0.05, 0.1) is 0 Å². The van der Waals surface area contributed by atoms with Crippen LogP contribution in [-0.2, 0) is 17.6 Å². The summed E-state index contributed by atoms with van der Waals surface area (Å²) in [6, 6.07) is 24.6. The van der Waals surface area contributed by atoms with Crippen molar-refractivity contribution in [3.63, 3.8) is 0 Å². The fourth-order valence-electron chi connectivity index (χ4n) is 4.03. The van der Waals surface area contributed by atoms with Crippen LogP contribution in [0.5, 0.6) is 0 Å². The maximum atomic E-state index is 13.5. The summed E-state index contributed by atoms with van der Waals surface area (Å²) in [6.45, 7) is 1.07. The van der Waals surface area contributed by atoms with E-state index in [9.17, 15) is 9.59 Å². The van der Waals surface area contributed by atoms with Crippen molar-refractivity contribution in [1.29, 1.82) is 0 Å². The van der Waals surface area contributed by atoms with E-state index < -0.39 is 6.04 Å². The average molecular weight is 433 g/mol. The van der Waals surface area contributed by atoms with Gasteiger partial charge >= 0.3 is 0 Å². The summed E-state index contributed by atoms with van der Waals surface area (Å²) in [5.74, 6) is -0.135. The van der Waals surface area contributed by atoms with Crippen LogP contribution in [0.2, 0.25) is 5.02 Å². The molecule has 0 spiro atoms. The van der Waals surface area contributed by atoms with E-state index in [4.69, 9.17) is 11.6 Å². The van der Waals surface area contributed by atoms with Gasteiger partial charge in [-0.25, -0.2) is 0 Å². The Labute approximate surface area is 188 Å². The van der Waals surface area contributed by atoms with Gasteiger partial charge in [0.25, 0.3) is 5.91 Å². The Morgan fingerprint density at radius 1 is 0.903 bits per heavy atom. The minimum Gasteiger partial charge on any atom is -0.343 e. The number of hydrogen-bond acceptors (Lipinski definition) is 2. The van der Waals surface area contributed by atoms with Crippen LogP contribution in [0, 0.1) is 0 Å². The van der Waals surface area contributed by atoms with Crippen LogP contribution >= 0.6 is 11.6 Å². The molecule has 0 bridgehead atoms. The second kappa shape index (κ2) is 9.36. The minimum absolute atomic E-state index is 0.0506. The molecule has 0 saturated carbocycles. The van der Waals surface area contributed by atoms with Crippen LogP contribution in [0.15, 0.2) is 78.9 Å². The van der Waals surface area contributed by atoms with Crippen molar-refractivity contribution in [1.82, 2.24) is 9.80 Å². The zero-order valence-corrected chi connectivity index (χ0v) is 18.3. The van der Waals surface area contributed by atoms with Gasteiger partial charge in [-0.15, -0.1) is 0 Å². The van der Waals surface area contributed by atoms with Gasteiger partial charge in [0.1, 0.15) is 6.04 Å². The molecular formula is C26H25ClN2O2. The molecule has 0 saturated heterocycles. The molecule has 0 N–H and O–H groups in total. The monoisotopic (exact) mass is 432 g/mol. The second-order valence-electron chi connectivity index (χ2n) is 7.86. The molecule has 1 aliphatic heterocycles. The highest BCUT2D eigenvalue weighted by molar-refractivity contribution is 6.30. The summed E-state index contributed by atoms with van der Waals surface area (Å²) in [5, 5.41) is 0.682. The van der Waals surface area contributed by atoms with E-state index in [1.807, 2.05) is 73.8 Å². The van der Waals surface area contributed by atoms with Crippen LogP contribution in [0.4, 0.5) is 0 Å². The number of likely N-dealkylation sites (N-methyl/N-ethyl adjacent to an activating group) is 1. The van der Waals surface area contributed by atoms with E-state index in [-0.39, 0.29) is 11.8 Å². The van der Waals surface area contributed by atoms with E-state index in [2.05, 4.69) is 12.1 Å². The lowest BCUT2D eigenvalue weighted by Crippen LogP contribution is -2.41. The molecule has 2 amide bonds. The Bertz CT molecular complexity index is 1070. The van der Waals surface area contributed by atoms with Crippen molar-refractivity contribution in [3.8, 4) is 0 Å². The Morgan fingerprint density at radius 2 is 1.55 bits per heavy atom. The number of fused-ring (bicyclic) bond motifs is 1. The highest BCUT2D eigenvalue weighted by Crippen LogP contribution is 2.35. The molecule has 158 valence electrons. The molecule has 4 nitrogen and oxygen atoms in total. The Kier molecular flexibility index (Phi) is 6.38. The lowest BCUT2D eigenvalue weighted by Gasteiger charge is -2.29. The fourth-order valence-corrected chi connectivity index (χ4v) is 4.15. The Hall–Kier alpha value is -3.11. The van der Waals surface area contributed by atoms with Crippen LogP contribution in [-0.4, -0.2) is 41.8 Å². The lowest BCUT2D eigenvalue weighted by atomic mass is 10.0. The second-order valence-corrected chi connectivity index (χ2v) is 8.30. The topological polar surface area (TPSA) is 40.6 Å². The number of nitrogens with zero attached hydrogens (tertiary/aromatic N) is 2. The third-order valence-corrected chi connectivity index (χ3v) is 6.05. The molecule has 0 aromatic heterocycles. The molecule has 5 heteroatoms. The van der Waals surface area contributed by atoms with Crippen molar-refractivity contribution in [2.75, 3.05) is 20.1 Å². The molecular weight excluding hydrogens is 408 g/mol. The number of rotatable bonds is 7. The Balaban J connectivity index is 1.52. The van der Waals surface area contributed by atoms with E-state index in [0.29, 0.717) is 30.1 Å². The predicted octanol–water partition coefficient (Wildman–Crippen LogP) is 4.78. The molecule has 0 fully saturated rings. The third-order valence-electron chi connectivity index (χ3n) is 5.80. The maximum Gasteiger partial charge on any atom is 0.255 e. The van der Waals surface area contributed by atoms with Crippen LogP contribution in [0.1, 0.15) is 33.1 Å². The average Bonchev–Trinajstić information content (AvgIpc) is 3.09. The Morgan fingerprint density at radius 3 is 2.29 bits per heavy atom. The van der Waals surface area contributed by atoms with Crippen molar-refractivity contribution in [2.45, 2.75) is 18.9 Å². The first kappa shape index (κ1) is 21.1. The van der Waals surface area contributed by atoms with Gasteiger partial charge in [0.2, 0.25) is 5.91 Å². The first-order chi connectivity index (χ1) is 15.0. The standard InChI is InChI=1S/C26H25ClN2O2/c1-28(17-15-19-7-3-2-4-8-19)26(31)24-22-9-5-6-10-23(22)25(30)29(24)18-16-20-11-13-21(27)14-12-20/h2-14,24H,15-18H2,1H3. The van der Waals surface area contributed by atoms with Gasteiger partial charge in [0.15, 0.2) is 0 Å². The predicted molar refractivity (Wildman–Crippen MR) is 123 cm³/mol. The van der Waals surface area contributed by atoms with Crippen molar-refractivity contribution in [3.05, 3.63) is 106 Å². The molecule has 1 atom stereocenters. The van der Waals surface area contributed by atoms with Gasteiger partial charge < -0.3 is 9.80 Å². The first-order valence-corrected chi connectivity index (χ1v) is 10.9. The van der Waals surface area contributed by atoms with Gasteiger partial charge in [0, 0.05) is 30.7 Å². The highest BCUT2D eigenvalue weighted by Gasteiger charge is 2.41. The van der Waals surface area contributed by atoms with Gasteiger partial charge in [-0.05, 0) is 47.7 Å². The third kappa shape index (κ3) is 4.64. The maximum absolute atomic E-state index is 13.5. The fraction of sp³-hybridized carbons (Fsp3) is 0.231. The van der Waals surface area contributed by atoms with Gasteiger partial charge in [-0.1, -0.05) is 72.3 Å². The number of carbonyl (C=O) groups excluding carboxylic acids is 2. The van der Waals surface area contributed by atoms with E-state index in [1.165, 1.54) is 5.56 Å². The summed E-state index contributed by atoms with van der Waals surface area (Å²) in [6.07, 6.45) is 1.44. The molecule has 0 aliphatic carbocycles. The summed E-state index contributed by atoms with van der Waals surface area (Å²) in [7, 11) is 1.81. The molecule has 1 heterocycles.